The van der Waals surface area contributed by atoms with Gasteiger partial charge in [0.1, 0.15) is 12.2 Å². The number of hydrogen-bond donors (Lipinski definition) is 0. The summed E-state index contributed by atoms with van der Waals surface area (Å²) in [5.41, 5.74) is 1.35. The summed E-state index contributed by atoms with van der Waals surface area (Å²) in [5, 5.41) is 2.63. The Morgan fingerprint density at radius 3 is 2.50 bits per heavy atom. The maximum atomic E-state index is 3.84. The van der Waals surface area contributed by atoms with Crippen LogP contribution in [0.5, 0.6) is 0 Å². The van der Waals surface area contributed by atoms with Crippen LogP contribution in [0.4, 0.5) is 5.69 Å². The lowest BCUT2D eigenvalue weighted by molar-refractivity contribution is 0.445. The maximum absolute atomic E-state index is 3.84. The summed E-state index contributed by atoms with van der Waals surface area (Å²) in [7, 11) is 4.42. The highest BCUT2D eigenvalue weighted by Gasteiger charge is 2.19. The van der Waals surface area contributed by atoms with Crippen LogP contribution in [0.25, 0.3) is 10.8 Å². The Morgan fingerprint density at radius 2 is 1.75 bits per heavy atom. The van der Waals surface area contributed by atoms with Crippen LogP contribution in [0.3, 0.4) is 0 Å². The molecule has 0 heterocycles. The first-order valence-electron chi connectivity index (χ1n) is 5.57. The molecule has 1 nitrogen and oxygen atoms in total. The van der Waals surface area contributed by atoms with Crippen molar-refractivity contribution in [2.24, 2.45) is 0 Å². The molecule has 2 aromatic rings. The Hall–Kier alpha value is -1.60. The van der Waals surface area contributed by atoms with Gasteiger partial charge in [-0.25, -0.2) is 0 Å². The average molecular weight is 212 g/mol. The van der Waals surface area contributed by atoms with Crippen LogP contribution in [0.2, 0.25) is 0 Å². The van der Waals surface area contributed by atoms with E-state index in [2.05, 4.69) is 63.1 Å². The van der Waals surface area contributed by atoms with E-state index in [9.17, 15) is 0 Å². The van der Waals surface area contributed by atoms with Gasteiger partial charge in [0.25, 0.3) is 0 Å². The third-order valence-electron chi connectivity index (χ3n) is 3.00. The molecule has 0 aliphatic carbocycles. The number of benzene rings is 2. The number of nitrogens with zero attached hydrogens (tertiary/aromatic N) is 1. The summed E-state index contributed by atoms with van der Waals surface area (Å²) in [4.78, 5) is 0. The Balaban J connectivity index is 2.64. The van der Waals surface area contributed by atoms with Gasteiger partial charge in [0, 0.05) is 5.39 Å². The number of quaternary nitrogens is 1. The van der Waals surface area contributed by atoms with Gasteiger partial charge in [-0.2, -0.15) is 0 Å². The number of likely N-dealkylation sites (N-methyl/N-ethyl adjacent to an activating group) is 1. The van der Waals surface area contributed by atoms with Crippen molar-refractivity contribution in [3.63, 3.8) is 0 Å². The maximum Gasteiger partial charge on any atom is 0.140 e. The van der Waals surface area contributed by atoms with Gasteiger partial charge in [-0.15, -0.1) is 0 Å². The molecule has 2 rings (SSSR count). The van der Waals surface area contributed by atoms with Crippen LogP contribution in [-0.2, 0) is 0 Å². The molecule has 2 aromatic carbocycles. The predicted octanol–water partition coefficient (Wildman–Crippen LogP) is 3.59. The van der Waals surface area contributed by atoms with Crippen LogP contribution in [0, 0.1) is 0 Å². The van der Waals surface area contributed by atoms with Gasteiger partial charge in [-0.3, -0.25) is 4.48 Å². The first kappa shape index (κ1) is 10.9. The molecular formula is C15H18N+. The van der Waals surface area contributed by atoms with E-state index >= 15 is 0 Å². The molecule has 0 radical (unpaired) electrons. The standard InChI is InChI=1S/C15H18N/c1-4-12-16(2,3)15-11-7-9-13-8-5-6-10-14(13)15/h4-11H,1,12H2,2-3H3/q+1. The summed E-state index contributed by atoms with van der Waals surface area (Å²) in [6.07, 6.45) is 1.97. The summed E-state index contributed by atoms with van der Waals surface area (Å²) in [6, 6.07) is 15.0. The van der Waals surface area contributed by atoms with Crippen molar-refractivity contribution in [3.8, 4) is 0 Å². The van der Waals surface area contributed by atoms with Gasteiger partial charge < -0.3 is 0 Å². The zero-order valence-corrected chi connectivity index (χ0v) is 9.98. The monoisotopic (exact) mass is 212 g/mol. The minimum atomic E-state index is 0.838. The Labute approximate surface area is 97.2 Å². The highest BCUT2D eigenvalue weighted by molar-refractivity contribution is 5.93. The molecule has 16 heavy (non-hydrogen) atoms. The average Bonchev–Trinajstić information content (AvgIpc) is 2.28. The molecule has 0 saturated heterocycles. The van der Waals surface area contributed by atoms with E-state index in [1.165, 1.54) is 16.5 Å². The highest BCUT2D eigenvalue weighted by Crippen LogP contribution is 2.29. The van der Waals surface area contributed by atoms with E-state index in [0.717, 1.165) is 11.0 Å². The largest absolute Gasteiger partial charge is 0.292 e. The van der Waals surface area contributed by atoms with E-state index < -0.39 is 0 Å². The molecule has 0 unspecified atom stereocenters. The molecule has 0 fully saturated rings. The highest BCUT2D eigenvalue weighted by atomic mass is 15.3. The first-order chi connectivity index (χ1) is 7.65. The van der Waals surface area contributed by atoms with Crippen LogP contribution in [0.1, 0.15) is 0 Å². The van der Waals surface area contributed by atoms with Crippen LogP contribution < -0.4 is 4.48 Å². The molecule has 0 spiro atoms. The molecule has 0 atom stereocenters. The summed E-state index contributed by atoms with van der Waals surface area (Å²) in [5.74, 6) is 0. The fourth-order valence-corrected chi connectivity index (χ4v) is 2.16. The van der Waals surface area contributed by atoms with Crippen molar-refractivity contribution in [2.75, 3.05) is 20.6 Å². The Kier molecular flexibility index (Phi) is 2.80. The summed E-state index contributed by atoms with van der Waals surface area (Å²) < 4.78 is 0.838. The number of fused-ring (bicyclic) bond motifs is 1. The lowest BCUT2D eigenvalue weighted by atomic mass is 10.1. The Morgan fingerprint density at radius 1 is 1.06 bits per heavy atom. The van der Waals surface area contributed by atoms with Crippen molar-refractivity contribution < 1.29 is 0 Å². The third kappa shape index (κ3) is 1.86. The second-order valence-corrected chi connectivity index (χ2v) is 4.65. The molecule has 0 aliphatic rings. The minimum Gasteiger partial charge on any atom is -0.292 e. The quantitative estimate of drug-likeness (QED) is 0.539. The van der Waals surface area contributed by atoms with E-state index in [4.69, 9.17) is 0 Å². The zero-order chi connectivity index (χ0) is 11.6. The van der Waals surface area contributed by atoms with E-state index in [-0.39, 0.29) is 0 Å². The minimum absolute atomic E-state index is 0.838. The molecule has 82 valence electrons. The first-order valence-corrected chi connectivity index (χ1v) is 5.57. The number of hydrogen-bond acceptors (Lipinski definition) is 0. The van der Waals surface area contributed by atoms with Gasteiger partial charge in [0.05, 0.1) is 14.1 Å². The van der Waals surface area contributed by atoms with Crippen molar-refractivity contribution in [3.05, 3.63) is 55.1 Å². The normalized spacial score (nSPS) is 11.6. The molecule has 0 amide bonds. The van der Waals surface area contributed by atoms with Gasteiger partial charge >= 0.3 is 0 Å². The molecule has 0 saturated carbocycles. The lowest BCUT2D eigenvalue weighted by Crippen LogP contribution is -2.40. The van der Waals surface area contributed by atoms with Crippen molar-refractivity contribution in [1.29, 1.82) is 0 Å². The molecule has 0 aliphatic heterocycles. The molecule has 0 bridgehead atoms. The third-order valence-corrected chi connectivity index (χ3v) is 3.00. The van der Waals surface area contributed by atoms with Gasteiger partial charge in [-0.05, 0) is 23.6 Å². The fourth-order valence-electron chi connectivity index (χ4n) is 2.16. The summed E-state index contributed by atoms with van der Waals surface area (Å²) in [6.45, 7) is 4.77. The van der Waals surface area contributed by atoms with Crippen LogP contribution in [0.15, 0.2) is 55.1 Å². The Bertz CT molecular complexity index is 506. The predicted molar refractivity (Wildman–Crippen MR) is 72.7 cm³/mol. The second-order valence-electron chi connectivity index (χ2n) is 4.65. The SMILES string of the molecule is C=CC[N+](C)(C)c1cccc2ccccc12. The number of rotatable bonds is 3. The van der Waals surface area contributed by atoms with Gasteiger partial charge in [-0.1, -0.05) is 36.9 Å². The van der Waals surface area contributed by atoms with Crippen LogP contribution >= 0.6 is 0 Å². The topological polar surface area (TPSA) is 0 Å². The molecule has 1 heteroatoms. The van der Waals surface area contributed by atoms with Crippen molar-refractivity contribution in [1.82, 2.24) is 4.48 Å². The van der Waals surface area contributed by atoms with Crippen LogP contribution in [-0.4, -0.2) is 20.6 Å². The van der Waals surface area contributed by atoms with E-state index in [1.807, 2.05) is 6.08 Å². The lowest BCUT2D eigenvalue weighted by Gasteiger charge is -2.29. The fraction of sp³-hybridized carbons (Fsp3) is 0.200. The van der Waals surface area contributed by atoms with Crippen molar-refractivity contribution >= 4 is 16.5 Å². The molecule has 0 N–H and O–H groups in total. The summed E-state index contributed by atoms with van der Waals surface area (Å²) >= 11 is 0. The van der Waals surface area contributed by atoms with Gasteiger partial charge in [0.2, 0.25) is 0 Å². The molecular weight excluding hydrogens is 194 g/mol. The second kappa shape index (κ2) is 4.11. The smallest absolute Gasteiger partial charge is 0.140 e. The van der Waals surface area contributed by atoms with E-state index in [1.54, 1.807) is 0 Å². The van der Waals surface area contributed by atoms with Gasteiger partial charge in [0.15, 0.2) is 0 Å². The molecule has 0 aromatic heterocycles. The van der Waals surface area contributed by atoms with Crippen molar-refractivity contribution in [2.45, 2.75) is 0 Å². The zero-order valence-electron chi connectivity index (χ0n) is 9.98. The van der Waals surface area contributed by atoms with E-state index in [0.29, 0.717) is 0 Å².